The number of aliphatic hydroxyl groups excluding tert-OH is 1. The number of benzene rings is 2. The molecule has 2 heterocycles. The largest absolute Gasteiger partial charge is 0.493 e. The lowest BCUT2D eigenvalue weighted by atomic mass is 10.1. The molecule has 2 N–H and O–H groups in total. The SMILES string of the molecule is CC(C)COc1ccc2cc(-c3noc([C@@H]4[C@@H](O)CCN4C(=O)O)n3)ccc2c1. The quantitative estimate of drug-likeness (QED) is 0.675. The average molecular weight is 397 g/mol. The molecule has 1 amide bonds. The van der Waals surface area contributed by atoms with E-state index in [9.17, 15) is 15.0 Å². The van der Waals surface area contributed by atoms with E-state index in [0.717, 1.165) is 27.0 Å². The number of carboxylic acid groups (broad SMARTS) is 1. The molecular weight excluding hydrogens is 374 g/mol. The van der Waals surface area contributed by atoms with Crippen LogP contribution in [0.4, 0.5) is 4.79 Å². The van der Waals surface area contributed by atoms with E-state index in [1.807, 2.05) is 36.4 Å². The van der Waals surface area contributed by atoms with Crippen LogP contribution in [0.5, 0.6) is 5.75 Å². The van der Waals surface area contributed by atoms with Crippen molar-refractivity contribution in [3.8, 4) is 17.1 Å². The maximum absolute atomic E-state index is 11.4. The minimum Gasteiger partial charge on any atom is -0.493 e. The number of hydrogen-bond acceptors (Lipinski definition) is 6. The Morgan fingerprint density at radius 2 is 2.03 bits per heavy atom. The highest BCUT2D eigenvalue weighted by molar-refractivity contribution is 5.87. The summed E-state index contributed by atoms with van der Waals surface area (Å²) >= 11 is 0. The Bertz CT molecular complexity index is 1030. The Hall–Kier alpha value is -3.13. The summed E-state index contributed by atoms with van der Waals surface area (Å²) < 4.78 is 11.1. The second kappa shape index (κ2) is 7.71. The van der Waals surface area contributed by atoms with Crippen molar-refractivity contribution in [1.29, 1.82) is 0 Å². The number of hydrogen-bond donors (Lipinski definition) is 2. The molecule has 2 atom stereocenters. The van der Waals surface area contributed by atoms with Crippen molar-refractivity contribution in [2.24, 2.45) is 5.92 Å². The Kier molecular flexibility index (Phi) is 5.10. The summed E-state index contributed by atoms with van der Waals surface area (Å²) in [6.45, 7) is 5.10. The van der Waals surface area contributed by atoms with Crippen molar-refractivity contribution >= 4 is 16.9 Å². The van der Waals surface area contributed by atoms with Gasteiger partial charge in [0, 0.05) is 12.1 Å². The van der Waals surface area contributed by atoms with Gasteiger partial charge in [-0.05, 0) is 41.3 Å². The number of aromatic nitrogens is 2. The van der Waals surface area contributed by atoms with Gasteiger partial charge in [-0.2, -0.15) is 4.98 Å². The highest BCUT2D eigenvalue weighted by Crippen LogP contribution is 2.33. The van der Waals surface area contributed by atoms with Crippen LogP contribution in [0.1, 0.15) is 32.2 Å². The van der Waals surface area contributed by atoms with Crippen molar-refractivity contribution in [1.82, 2.24) is 15.0 Å². The third kappa shape index (κ3) is 3.88. The zero-order chi connectivity index (χ0) is 20.5. The molecule has 4 rings (SSSR count). The lowest BCUT2D eigenvalue weighted by Gasteiger charge is -2.19. The van der Waals surface area contributed by atoms with Crippen LogP contribution in [0.25, 0.3) is 22.2 Å². The van der Waals surface area contributed by atoms with E-state index in [0.29, 0.717) is 24.8 Å². The number of amides is 1. The molecule has 8 heteroatoms. The predicted molar refractivity (Wildman–Crippen MR) is 106 cm³/mol. The molecule has 1 fully saturated rings. The minimum absolute atomic E-state index is 0.102. The zero-order valence-electron chi connectivity index (χ0n) is 16.3. The zero-order valence-corrected chi connectivity index (χ0v) is 16.3. The second-order valence-electron chi connectivity index (χ2n) is 7.66. The molecule has 152 valence electrons. The van der Waals surface area contributed by atoms with E-state index in [1.54, 1.807) is 0 Å². The topological polar surface area (TPSA) is 109 Å². The van der Waals surface area contributed by atoms with Crippen LogP contribution in [0.3, 0.4) is 0 Å². The standard InChI is InChI=1S/C21H23N3O5/c1-12(2)11-28-16-6-5-13-9-15(4-3-14(13)10-16)19-22-20(29-23-19)18-17(25)7-8-24(18)21(26)27/h3-6,9-10,12,17-18,25H,7-8,11H2,1-2H3,(H,26,27)/t17-,18-/m0/s1. The second-order valence-corrected chi connectivity index (χ2v) is 7.66. The van der Waals surface area contributed by atoms with Crippen LogP contribution in [0.15, 0.2) is 40.9 Å². The molecule has 1 saturated heterocycles. The van der Waals surface area contributed by atoms with E-state index in [-0.39, 0.29) is 12.4 Å². The number of ether oxygens (including phenoxy) is 1. The molecule has 0 saturated carbocycles. The average Bonchev–Trinajstić information content (AvgIpc) is 3.32. The lowest BCUT2D eigenvalue weighted by molar-refractivity contribution is 0.0840. The van der Waals surface area contributed by atoms with Gasteiger partial charge in [-0.25, -0.2) is 4.79 Å². The van der Waals surface area contributed by atoms with Crippen molar-refractivity contribution in [3.63, 3.8) is 0 Å². The Labute approximate surface area is 167 Å². The summed E-state index contributed by atoms with van der Waals surface area (Å²) in [5.41, 5.74) is 0.748. The highest BCUT2D eigenvalue weighted by atomic mass is 16.5. The summed E-state index contributed by atoms with van der Waals surface area (Å²) in [6.07, 6.45) is -1.64. The van der Waals surface area contributed by atoms with E-state index < -0.39 is 18.2 Å². The number of nitrogens with zero attached hydrogens (tertiary/aromatic N) is 3. The Morgan fingerprint density at radius 1 is 1.28 bits per heavy atom. The fraction of sp³-hybridized carbons (Fsp3) is 0.381. The van der Waals surface area contributed by atoms with Crippen LogP contribution < -0.4 is 4.74 Å². The molecule has 1 aliphatic rings. The smallest absolute Gasteiger partial charge is 0.408 e. The number of likely N-dealkylation sites (tertiary alicyclic amines) is 1. The molecule has 29 heavy (non-hydrogen) atoms. The highest BCUT2D eigenvalue weighted by Gasteiger charge is 2.41. The van der Waals surface area contributed by atoms with Crippen molar-refractivity contribution in [2.45, 2.75) is 32.4 Å². The molecule has 2 aromatic carbocycles. The van der Waals surface area contributed by atoms with Crippen LogP contribution in [-0.2, 0) is 0 Å². The molecular formula is C21H23N3O5. The Balaban J connectivity index is 1.59. The third-order valence-electron chi connectivity index (χ3n) is 4.96. The van der Waals surface area contributed by atoms with E-state index in [2.05, 4.69) is 24.0 Å². The van der Waals surface area contributed by atoms with Gasteiger partial charge in [0.05, 0.1) is 12.7 Å². The molecule has 0 unspecified atom stereocenters. The molecule has 3 aromatic rings. The summed E-state index contributed by atoms with van der Waals surface area (Å²) in [5.74, 6) is 1.73. The first kappa shape index (κ1) is 19.2. The summed E-state index contributed by atoms with van der Waals surface area (Å²) in [4.78, 5) is 16.9. The first-order chi connectivity index (χ1) is 13.9. The van der Waals surface area contributed by atoms with E-state index >= 15 is 0 Å². The third-order valence-corrected chi connectivity index (χ3v) is 4.96. The fourth-order valence-corrected chi connectivity index (χ4v) is 3.48. The van der Waals surface area contributed by atoms with Crippen molar-refractivity contribution in [2.75, 3.05) is 13.2 Å². The number of fused-ring (bicyclic) bond motifs is 1. The molecule has 1 aromatic heterocycles. The van der Waals surface area contributed by atoms with Gasteiger partial charge < -0.3 is 19.5 Å². The number of carbonyl (C=O) groups is 1. The van der Waals surface area contributed by atoms with Gasteiger partial charge >= 0.3 is 6.09 Å². The van der Waals surface area contributed by atoms with Crippen molar-refractivity contribution in [3.05, 3.63) is 42.3 Å². The summed E-state index contributed by atoms with van der Waals surface area (Å²) in [5, 5.41) is 25.5. The van der Waals surface area contributed by atoms with Gasteiger partial charge in [0.1, 0.15) is 11.8 Å². The van der Waals surface area contributed by atoms with Crippen LogP contribution in [0, 0.1) is 5.92 Å². The first-order valence-electron chi connectivity index (χ1n) is 9.60. The number of rotatable bonds is 5. The fourth-order valence-electron chi connectivity index (χ4n) is 3.48. The molecule has 0 spiro atoms. The van der Waals surface area contributed by atoms with Gasteiger partial charge in [-0.1, -0.05) is 37.2 Å². The molecule has 0 radical (unpaired) electrons. The summed E-state index contributed by atoms with van der Waals surface area (Å²) in [6, 6.07) is 10.8. The predicted octanol–water partition coefficient (Wildman–Crippen LogP) is 3.71. The van der Waals surface area contributed by atoms with Gasteiger partial charge in [-0.15, -0.1) is 0 Å². The first-order valence-corrected chi connectivity index (χ1v) is 9.60. The molecule has 8 nitrogen and oxygen atoms in total. The molecule has 1 aliphatic heterocycles. The van der Waals surface area contributed by atoms with Crippen molar-refractivity contribution < 1.29 is 24.3 Å². The van der Waals surface area contributed by atoms with E-state index in [1.165, 1.54) is 0 Å². The lowest BCUT2D eigenvalue weighted by Crippen LogP contribution is -2.32. The number of aliphatic hydroxyl groups is 1. The van der Waals surface area contributed by atoms with Crippen LogP contribution in [0.2, 0.25) is 0 Å². The normalized spacial score (nSPS) is 19.2. The molecule has 0 bridgehead atoms. The van der Waals surface area contributed by atoms with Crippen LogP contribution >= 0.6 is 0 Å². The monoisotopic (exact) mass is 397 g/mol. The minimum atomic E-state index is -1.12. The van der Waals surface area contributed by atoms with Crippen LogP contribution in [-0.4, -0.2) is 50.6 Å². The van der Waals surface area contributed by atoms with E-state index in [4.69, 9.17) is 9.26 Å². The molecule has 0 aliphatic carbocycles. The maximum Gasteiger partial charge on any atom is 0.408 e. The maximum atomic E-state index is 11.4. The van der Waals surface area contributed by atoms with Gasteiger partial charge in [0.25, 0.3) is 5.89 Å². The van der Waals surface area contributed by atoms with Gasteiger partial charge in [0.2, 0.25) is 5.82 Å². The van der Waals surface area contributed by atoms with Gasteiger partial charge in [0.15, 0.2) is 0 Å². The summed E-state index contributed by atoms with van der Waals surface area (Å²) in [7, 11) is 0. The van der Waals surface area contributed by atoms with Gasteiger partial charge in [-0.3, -0.25) is 4.90 Å². The Morgan fingerprint density at radius 3 is 2.79 bits per heavy atom.